The van der Waals surface area contributed by atoms with Crippen molar-refractivity contribution in [2.45, 2.75) is 50.6 Å². The van der Waals surface area contributed by atoms with Crippen molar-refractivity contribution in [1.82, 2.24) is 25.2 Å². The Morgan fingerprint density at radius 1 is 0.935 bits per heavy atom. The zero-order chi connectivity index (χ0) is 20.6. The van der Waals surface area contributed by atoms with Gasteiger partial charge in [-0.15, -0.1) is 5.10 Å². The summed E-state index contributed by atoms with van der Waals surface area (Å²) in [5.74, 6) is 0.951. The second-order valence-corrected chi connectivity index (χ2v) is 8.70. The lowest BCUT2D eigenvalue weighted by molar-refractivity contribution is 0.426. The van der Waals surface area contributed by atoms with Crippen molar-refractivity contribution in [3.63, 3.8) is 0 Å². The van der Waals surface area contributed by atoms with Gasteiger partial charge in [-0.2, -0.15) is 0 Å². The summed E-state index contributed by atoms with van der Waals surface area (Å²) in [4.78, 5) is 7.02. The molecule has 0 spiro atoms. The number of para-hydroxylation sites is 1. The number of tetrazole rings is 1. The molecule has 0 radical (unpaired) electrons. The maximum absolute atomic E-state index is 4.61. The first kappa shape index (κ1) is 18.5. The summed E-state index contributed by atoms with van der Waals surface area (Å²) < 4.78 is 2.11. The number of aromatic nitrogens is 5. The predicted molar refractivity (Wildman–Crippen MR) is 121 cm³/mol. The summed E-state index contributed by atoms with van der Waals surface area (Å²) in [6.07, 6.45) is 8.92. The van der Waals surface area contributed by atoms with Gasteiger partial charge in [0.15, 0.2) is 5.82 Å². The van der Waals surface area contributed by atoms with E-state index in [-0.39, 0.29) is 6.04 Å². The van der Waals surface area contributed by atoms with E-state index in [1.165, 1.54) is 29.7 Å². The molecular weight excluding hydrogens is 384 g/mol. The Hall–Kier alpha value is -3.28. The van der Waals surface area contributed by atoms with E-state index in [1.54, 1.807) is 0 Å². The maximum Gasteiger partial charge on any atom is 0.178 e. The average Bonchev–Trinajstić information content (AvgIpc) is 3.52. The molecule has 1 aliphatic carbocycles. The van der Waals surface area contributed by atoms with E-state index in [4.69, 9.17) is 0 Å². The highest BCUT2D eigenvalue weighted by atomic mass is 15.6. The lowest BCUT2D eigenvalue weighted by Gasteiger charge is -2.38. The highest BCUT2D eigenvalue weighted by Crippen LogP contribution is 2.39. The Morgan fingerprint density at radius 2 is 1.84 bits per heavy atom. The van der Waals surface area contributed by atoms with Crippen LogP contribution in [0.15, 0.2) is 60.8 Å². The van der Waals surface area contributed by atoms with Crippen LogP contribution in [-0.4, -0.2) is 31.7 Å². The molecule has 0 saturated heterocycles. The minimum absolute atomic E-state index is 0.0262. The van der Waals surface area contributed by atoms with Gasteiger partial charge in [0, 0.05) is 23.8 Å². The van der Waals surface area contributed by atoms with Gasteiger partial charge in [-0.3, -0.25) is 4.98 Å². The first-order valence-electron chi connectivity index (χ1n) is 11.4. The molecule has 0 amide bonds. The average molecular weight is 411 g/mol. The molecule has 2 aromatic heterocycles. The van der Waals surface area contributed by atoms with E-state index < -0.39 is 0 Å². The summed E-state index contributed by atoms with van der Waals surface area (Å²) >= 11 is 0. The van der Waals surface area contributed by atoms with Gasteiger partial charge in [0.05, 0.1) is 11.6 Å². The minimum Gasteiger partial charge on any atom is -0.357 e. The van der Waals surface area contributed by atoms with Gasteiger partial charge >= 0.3 is 0 Å². The SMILES string of the molecule is c1ccc2c(c1)CCCN2[C@H](c1ccc2ncccc2c1)c1nnnn1C1CCCC1. The number of hydrogen-bond acceptors (Lipinski definition) is 5. The van der Waals surface area contributed by atoms with Crippen molar-refractivity contribution in [2.24, 2.45) is 0 Å². The Kier molecular flexibility index (Phi) is 4.63. The third-order valence-electron chi connectivity index (χ3n) is 6.83. The number of rotatable bonds is 4. The monoisotopic (exact) mass is 410 g/mol. The topological polar surface area (TPSA) is 59.7 Å². The van der Waals surface area contributed by atoms with E-state index in [9.17, 15) is 0 Å². The summed E-state index contributed by atoms with van der Waals surface area (Å²) in [5, 5.41) is 14.4. The van der Waals surface area contributed by atoms with E-state index in [2.05, 4.69) is 78.6 Å². The minimum atomic E-state index is -0.0262. The van der Waals surface area contributed by atoms with Crippen molar-refractivity contribution in [3.8, 4) is 0 Å². The zero-order valence-corrected chi connectivity index (χ0v) is 17.6. The highest BCUT2D eigenvalue weighted by molar-refractivity contribution is 5.79. The molecule has 0 N–H and O–H groups in total. The molecule has 31 heavy (non-hydrogen) atoms. The smallest absolute Gasteiger partial charge is 0.178 e. The highest BCUT2D eigenvalue weighted by Gasteiger charge is 2.33. The van der Waals surface area contributed by atoms with Gasteiger partial charge in [-0.05, 0) is 71.5 Å². The molecule has 1 aliphatic heterocycles. The van der Waals surface area contributed by atoms with Crippen molar-refractivity contribution in [2.75, 3.05) is 11.4 Å². The fraction of sp³-hybridized carbons (Fsp3) is 0.360. The van der Waals surface area contributed by atoms with Crippen LogP contribution in [0.2, 0.25) is 0 Å². The Labute approximate surface area is 181 Å². The van der Waals surface area contributed by atoms with Crippen molar-refractivity contribution < 1.29 is 0 Å². The van der Waals surface area contributed by atoms with Gasteiger partial charge in [-0.1, -0.05) is 43.2 Å². The van der Waals surface area contributed by atoms with Crippen LogP contribution in [0, 0.1) is 0 Å². The summed E-state index contributed by atoms with van der Waals surface area (Å²) in [5.41, 5.74) is 4.93. The molecule has 1 fully saturated rings. The third-order valence-corrected chi connectivity index (χ3v) is 6.83. The molecular formula is C25H26N6. The lowest BCUT2D eigenvalue weighted by Crippen LogP contribution is -2.36. The standard InChI is InChI=1S/C25H26N6/c1-4-12-23-18(7-1)9-6-16-30(23)24(20-13-14-22-19(17-20)8-5-15-26-22)25-27-28-29-31(25)21-10-2-3-11-21/h1,4-5,7-8,12-15,17,21,24H,2-3,6,9-11,16H2/t24-/m1/s1. The number of anilines is 1. The molecule has 1 atom stereocenters. The fourth-order valence-electron chi connectivity index (χ4n) is 5.35. The molecule has 2 aliphatic rings. The number of pyridine rings is 1. The summed E-state index contributed by atoms with van der Waals surface area (Å²) in [6, 6.07) is 19.9. The molecule has 4 aromatic rings. The van der Waals surface area contributed by atoms with Crippen molar-refractivity contribution >= 4 is 16.6 Å². The molecule has 0 unspecified atom stereocenters. The van der Waals surface area contributed by atoms with Gasteiger partial charge in [0.25, 0.3) is 0 Å². The number of nitrogens with zero attached hydrogens (tertiary/aromatic N) is 6. The van der Waals surface area contributed by atoms with Crippen LogP contribution in [-0.2, 0) is 6.42 Å². The summed E-state index contributed by atoms with van der Waals surface area (Å²) in [6.45, 7) is 0.990. The number of fused-ring (bicyclic) bond motifs is 2. The Balaban J connectivity index is 1.52. The molecule has 2 aromatic carbocycles. The third kappa shape index (κ3) is 3.26. The summed E-state index contributed by atoms with van der Waals surface area (Å²) in [7, 11) is 0. The van der Waals surface area contributed by atoms with Crippen LogP contribution in [0.4, 0.5) is 5.69 Å². The van der Waals surface area contributed by atoms with E-state index in [0.29, 0.717) is 6.04 Å². The molecule has 0 bridgehead atoms. The predicted octanol–water partition coefficient (Wildman–Crippen LogP) is 4.88. The van der Waals surface area contributed by atoms with Crippen LogP contribution in [0.3, 0.4) is 0 Å². The van der Waals surface area contributed by atoms with Crippen molar-refractivity contribution in [1.29, 1.82) is 0 Å². The quantitative estimate of drug-likeness (QED) is 0.480. The van der Waals surface area contributed by atoms with Gasteiger partial charge < -0.3 is 4.90 Å². The van der Waals surface area contributed by atoms with Crippen molar-refractivity contribution in [3.05, 3.63) is 77.7 Å². The van der Waals surface area contributed by atoms with Crippen LogP contribution >= 0.6 is 0 Å². The van der Waals surface area contributed by atoms with Crippen LogP contribution in [0.25, 0.3) is 10.9 Å². The number of hydrogen-bond donors (Lipinski definition) is 0. The molecule has 6 rings (SSSR count). The van der Waals surface area contributed by atoms with E-state index in [0.717, 1.165) is 49.0 Å². The zero-order valence-electron chi connectivity index (χ0n) is 17.6. The number of aryl methyl sites for hydroxylation is 1. The van der Waals surface area contributed by atoms with Gasteiger partial charge in [0.1, 0.15) is 6.04 Å². The molecule has 1 saturated carbocycles. The Bertz CT molecular complexity index is 1210. The Morgan fingerprint density at radius 3 is 2.77 bits per heavy atom. The van der Waals surface area contributed by atoms with Crippen LogP contribution in [0.1, 0.15) is 61.1 Å². The molecule has 156 valence electrons. The van der Waals surface area contributed by atoms with Crippen LogP contribution < -0.4 is 4.90 Å². The van der Waals surface area contributed by atoms with Gasteiger partial charge in [-0.25, -0.2) is 4.68 Å². The normalized spacial score (nSPS) is 17.7. The second kappa shape index (κ2) is 7.76. The molecule has 3 heterocycles. The maximum atomic E-state index is 4.61. The number of benzene rings is 2. The second-order valence-electron chi connectivity index (χ2n) is 8.70. The van der Waals surface area contributed by atoms with E-state index >= 15 is 0 Å². The first-order valence-corrected chi connectivity index (χ1v) is 11.4. The van der Waals surface area contributed by atoms with Crippen LogP contribution in [0.5, 0.6) is 0 Å². The molecule has 6 nitrogen and oxygen atoms in total. The largest absolute Gasteiger partial charge is 0.357 e. The lowest BCUT2D eigenvalue weighted by atomic mass is 9.95. The molecule has 6 heteroatoms. The first-order chi connectivity index (χ1) is 15.4. The van der Waals surface area contributed by atoms with Gasteiger partial charge in [0.2, 0.25) is 0 Å². The fourth-order valence-corrected chi connectivity index (χ4v) is 5.35. The van der Waals surface area contributed by atoms with E-state index in [1.807, 2.05) is 12.3 Å².